The van der Waals surface area contributed by atoms with Crippen LogP contribution in [0.25, 0.3) is 33.5 Å². The van der Waals surface area contributed by atoms with E-state index in [-0.39, 0.29) is 0 Å². The van der Waals surface area contributed by atoms with E-state index in [9.17, 15) is 5.26 Å². The normalized spacial score (nSPS) is 15.0. The lowest BCUT2D eigenvalue weighted by molar-refractivity contribution is 0.676. The number of fused-ring (bicyclic) bond motifs is 3. The summed E-state index contributed by atoms with van der Waals surface area (Å²) in [5, 5.41) is 15.4. The lowest BCUT2D eigenvalue weighted by atomic mass is 9.85. The molecular weight excluding hydrogens is 456 g/mol. The van der Waals surface area contributed by atoms with Gasteiger partial charge in [-0.25, -0.2) is 0 Å². The third-order valence-electron chi connectivity index (χ3n) is 7.23. The predicted octanol–water partition coefficient (Wildman–Crippen LogP) is 8.09. The van der Waals surface area contributed by atoms with Gasteiger partial charge in [-0.3, -0.25) is 0 Å². The molecule has 0 saturated carbocycles. The van der Waals surface area contributed by atoms with E-state index in [2.05, 4.69) is 98.2 Å². The van der Waals surface area contributed by atoms with E-state index in [0.717, 1.165) is 12.1 Å². The summed E-state index contributed by atoms with van der Waals surface area (Å²) >= 11 is 1.78. The second kappa shape index (κ2) is 10.2. The average Bonchev–Trinajstić information content (AvgIpc) is 3.05. The maximum Gasteiger partial charge on any atom is 0.0991 e. The molecule has 0 aromatic heterocycles. The predicted molar refractivity (Wildman–Crippen MR) is 155 cm³/mol. The van der Waals surface area contributed by atoms with Gasteiger partial charge >= 0.3 is 0 Å². The highest BCUT2D eigenvalue weighted by molar-refractivity contribution is 7.98. The molecule has 1 unspecified atom stereocenters. The number of thioether (sulfide) groups is 1. The molecule has 0 spiro atoms. The summed E-state index contributed by atoms with van der Waals surface area (Å²) in [6.45, 7) is 5.36. The number of aryl methyl sites for hydroxylation is 1. The zero-order chi connectivity index (χ0) is 25.2. The van der Waals surface area contributed by atoms with Crippen molar-refractivity contribution in [1.29, 1.82) is 5.26 Å². The smallest absolute Gasteiger partial charge is 0.0991 e. The van der Waals surface area contributed by atoms with Gasteiger partial charge in [0.1, 0.15) is 0 Å². The number of hydrogen-bond donors (Lipinski definition) is 1. The van der Waals surface area contributed by atoms with Gasteiger partial charge in [0, 0.05) is 17.4 Å². The second-order valence-electron chi connectivity index (χ2n) is 9.39. The standard InChI is InChI=1S/C33H30N2S/c1-21-16-31(32(36-4)18-30(21)25-10-7-8-23(17-25)19-34)33-22(2)26(20-35-3)13-14-28-27-11-6-5-9-24(27)12-15-29(28)33/h5-18,26,35H,20H2,1-4H3. The first-order chi connectivity index (χ1) is 17.5. The maximum atomic E-state index is 9.41. The van der Waals surface area contributed by atoms with Crippen LogP contribution in [0.15, 0.2) is 89.3 Å². The van der Waals surface area contributed by atoms with Gasteiger partial charge < -0.3 is 5.32 Å². The van der Waals surface area contributed by atoms with Crippen LogP contribution in [0.1, 0.15) is 34.7 Å². The Labute approximate surface area is 218 Å². The van der Waals surface area contributed by atoms with E-state index in [0.29, 0.717) is 11.5 Å². The molecule has 0 fully saturated rings. The molecule has 0 radical (unpaired) electrons. The third kappa shape index (κ3) is 4.28. The van der Waals surface area contributed by atoms with Gasteiger partial charge in [-0.1, -0.05) is 66.3 Å². The number of nitrogens with one attached hydrogen (secondary N) is 1. The molecule has 1 aliphatic carbocycles. The van der Waals surface area contributed by atoms with Crippen molar-refractivity contribution in [1.82, 2.24) is 5.32 Å². The van der Waals surface area contributed by atoms with E-state index in [1.807, 2.05) is 25.2 Å². The molecule has 178 valence electrons. The molecule has 5 rings (SSSR count). The fourth-order valence-corrected chi connectivity index (χ4v) is 5.98. The second-order valence-corrected chi connectivity index (χ2v) is 10.2. The molecule has 4 aromatic rings. The molecule has 1 N–H and O–H groups in total. The molecule has 0 heterocycles. The Kier molecular flexibility index (Phi) is 6.83. The van der Waals surface area contributed by atoms with Crippen molar-refractivity contribution in [2.24, 2.45) is 5.92 Å². The van der Waals surface area contributed by atoms with Gasteiger partial charge in [-0.05, 0) is 101 Å². The Morgan fingerprint density at radius 1 is 0.917 bits per heavy atom. The quantitative estimate of drug-likeness (QED) is 0.290. The van der Waals surface area contributed by atoms with Crippen molar-refractivity contribution in [3.8, 4) is 17.2 Å². The van der Waals surface area contributed by atoms with Crippen molar-refractivity contribution in [3.63, 3.8) is 0 Å². The first kappa shape index (κ1) is 24.1. The van der Waals surface area contributed by atoms with E-state index >= 15 is 0 Å². The molecular formula is C33H30N2S. The van der Waals surface area contributed by atoms with E-state index in [1.165, 1.54) is 54.6 Å². The van der Waals surface area contributed by atoms with Crippen LogP contribution >= 0.6 is 11.8 Å². The highest BCUT2D eigenvalue weighted by Crippen LogP contribution is 2.43. The largest absolute Gasteiger partial charge is 0.319 e. The summed E-state index contributed by atoms with van der Waals surface area (Å²) in [5.41, 5.74) is 10.7. The van der Waals surface area contributed by atoms with Crippen LogP contribution in [-0.4, -0.2) is 19.8 Å². The molecule has 1 aliphatic rings. The zero-order valence-electron chi connectivity index (χ0n) is 21.2. The highest BCUT2D eigenvalue weighted by Gasteiger charge is 2.24. The number of benzene rings is 4. The van der Waals surface area contributed by atoms with Crippen LogP contribution in [0, 0.1) is 24.2 Å². The lowest BCUT2D eigenvalue weighted by Gasteiger charge is -2.22. The van der Waals surface area contributed by atoms with E-state index in [4.69, 9.17) is 0 Å². The first-order valence-corrected chi connectivity index (χ1v) is 13.5. The first-order valence-electron chi connectivity index (χ1n) is 12.3. The summed E-state index contributed by atoms with van der Waals surface area (Å²) in [6, 6.07) is 28.0. The number of hydrogen-bond acceptors (Lipinski definition) is 3. The monoisotopic (exact) mass is 486 g/mol. The van der Waals surface area contributed by atoms with Crippen molar-refractivity contribution in [2.75, 3.05) is 19.8 Å². The van der Waals surface area contributed by atoms with Crippen LogP contribution in [0.5, 0.6) is 0 Å². The number of nitrogens with zero attached hydrogens (tertiary/aromatic N) is 1. The maximum absolute atomic E-state index is 9.41. The van der Waals surface area contributed by atoms with Crippen LogP contribution in [0.4, 0.5) is 0 Å². The van der Waals surface area contributed by atoms with Crippen molar-refractivity contribution >= 4 is 34.2 Å². The lowest BCUT2D eigenvalue weighted by Crippen LogP contribution is -2.18. The summed E-state index contributed by atoms with van der Waals surface area (Å²) in [7, 11) is 2.02. The van der Waals surface area contributed by atoms with Gasteiger partial charge in [0.15, 0.2) is 0 Å². The van der Waals surface area contributed by atoms with Crippen LogP contribution in [0.3, 0.4) is 0 Å². The fourth-order valence-electron chi connectivity index (χ4n) is 5.37. The van der Waals surface area contributed by atoms with E-state index in [1.54, 1.807) is 11.8 Å². The topological polar surface area (TPSA) is 35.8 Å². The summed E-state index contributed by atoms with van der Waals surface area (Å²) < 4.78 is 0. The van der Waals surface area contributed by atoms with Crippen LogP contribution in [-0.2, 0) is 0 Å². The van der Waals surface area contributed by atoms with Crippen LogP contribution in [0.2, 0.25) is 0 Å². The van der Waals surface area contributed by atoms with Crippen LogP contribution < -0.4 is 5.32 Å². The molecule has 0 amide bonds. The Morgan fingerprint density at radius 2 is 1.75 bits per heavy atom. The van der Waals surface area contributed by atoms with Gasteiger partial charge in [-0.2, -0.15) is 5.26 Å². The Balaban J connectivity index is 1.77. The third-order valence-corrected chi connectivity index (χ3v) is 8.01. The molecule has 36 heavy (non-hydrogen) atoms. The molecule has 2 nitrogen and oxygen atoms in total. The molecule has 0 aliphatic heterocycles. The summed E-state index contributed by atoms with van der Waals surface area (Å²) in [5.74, 6) is 0.304. The Hall–Kier alpha value is -3.58. The highest BCUT2D eigenvalue weighted by atomic mass is 32.2. The molecule has 1 atom stereocenters. The van der Waals surface area contributed by atoms with E-state index < -0.39 is 0 Å². The Bertz CT molecular complexity index is 1570. The minimum absolute atomic E-state index is 0.304. The van der Waals surface area contributed by atoms with Crippen molar-refractivity contribution in [3.05, 3.63) is 112 Å². The molecule has 0 bridgehead atoms. The van der Waals surface area contributed by atoms with Gasteiger partial charge in [0.2, 0.25) is 0 Å². The fraction of sp³-hybridized carbons (Fsp3) is 0.182. The minimum atomic E-state index is 0.304. The summed E-state index contributed by atoms with van der Waals surface area (Å²) in [6.07, 6.45) is 6.84. The average molecular weight is 487 g/mol. The molecule has 4 aromatic carbocycles. The molecule has 3 heteroatoms. The SMILES string of the molecule is CNCC1C=Cc2c(ccc3ccccc23)C(c2cc(C)c(-c3cccc(C#N)c3)cc2SC)=C1C. The number of nitriles is 1. The minimum Gasteiger partial charge on any atom is -0.319 e. The van der Waals surface area contributed by atoms with Crippen molar-refractivity contribution < 1.29 is 0 Å². The van der Waals surface area contributed by atoms with Gasteiger partial charge in [0.05, 0.1) is 11.6 Å². The summed E-state index contributed by atoms with van der Waals surface area (Å²) in [4.78, 5) is 1.25. The Morgan fingerprint density at radius 3 is 2.53 bits per heavy atom. The zero-order valence-corrected chi connectivity index (χ0v) is 22.0. The molecule has 0 saturated heterocycles. The van der Waals surface area contributed by atoms with Crippen molar-refractivity contribution in [2.45, 2.75) is 18.7 Å². The van der Waals surface area contributed by atoms with Gasteiger partial charge in [0.25, 0.3) is 0 Å². The van der Waals surface area contributed by atoms with Gasteiger partial charge in [-0.15, -0.1) is 11.8 Å². The number of rotatable bonds is 5.